The van der Waals surface area contributed by atoms with Crippen molar-refractivity contribution in [2.75, 3.05) is 11.9 Å². The molecule has 0 aliphatic carbocycles. The molecule has 1 aromatic heterocycles. The van der Waals surface area contributed by atoms with Crippen LogP contribution in [0.25, 0.3) is 10.2 Å². The summed E-state index contributed by atoms with van der Waals surface area (Å²) in [6.07, 6.45) is 1.99. The lowest BCUT2D eigenvalue weighted by Crippen LogP contribution is -2.35. The summed E-state index contributed by atoms with van der Waals surface area (Å²) >= 11 is 1.70. The van der Waals surface area contributed by atoms with Crippen LogP contribution in [0.3, 0.4) is 0 Å². The average Bonchev–Trinajstić information content (AvgIpc) is 3.06. The monoisotopic (exact) mass is 303 g/mol. The quantitative estimate of drug-likeness (QED) is 0.895. The molecule has 1 fully saturated rings. The van der Waals surface area contributed by atoms with Crippen molar-refractivity contribution in [3.8, 4) is 0 Å². The number of hydrogen-bond acceptors (Lipinski definition) is 4. The van der Waals surface area contributed by atoms with E-state index in [9.17, 15) is 4.79 Å². The highest BCUT2D eigenvalue weighted by atomic mass is 32.1. The number of nitrogens with one attached hydrogen (secondary N) is 2. The average molecular weight is 303 g/mol. The predicted molar refractivity (Wildman–Crippen MR) is 88.0 cm³/mol. The van der Waals surface area contributed by atoms with Gasteiger partial charge in [-0.3, -0.25) is 4.79 Å². The van der Waals surface area contributed by atoms with Crippen LogP contribution >= 0.6 is 11.3 Å². The fraction of sp³-hybridized carbons (Fsp3) is 0.500. The molecule has 1 amide bonds. The Labute approximate surface area is 129 Å². The first-order chi connectivity index (χ1) is 9.93. The first-order valence-electron chi connectivity index (χ1n) is 7.39. The maximum atomic E-state index is 12.1. The molecule has 1 atom stereocenters. The lowest BCUT2D eigenvalue weighted by molar-refractivity contribution is -0.117. The number of carbonyl (C=O) groups excluding carboxylic acids is 1. The lowest BCUT2D eigenvalue weighted by atomic mass is 9.98. The van der Waals surface area contributed by atoms with Crippen molar-refractivity contribution in [3.05, 3.63) is 23.2 Å². The molecule has 0 radical (unpaired) electrons. The maximum absolute atomic E-state index is 12.1. The summed E-state index contributed by atoms with van der Waals surface area (Å²) in [5.41, 5.74) is 1.91. The highest BCUT2D eigenvalue weighted by Crippen LogP contribution is 2.32. The molecule has 0 spiro atoms. The maximum Gasteiger partial charge on any atom is 0.241 e. The third kappa shape index (κ3) is 3.09. The van der Waals surface area contributed by atoms with Gasteiger partial charge in [-0.2, -0.15) is 0 Å². The van der Waals surface area contributed by atoms with Gasteiger partial charge >= 0.3 is 0 Å². The molecule has 3 rings (SSSR count). The van der Waals surface area contributed by atoms with E-state index < -0.39 is 0 Å². The largest absolute Gasteiger partial charge is 0.325 e. The zero-order chi connectivity index (χ0) is 15.0. The van der Waals surface area contributed by atoms with E-state index >= 15 is 0 Å². The van der Waals surface area contributed by atoms with Crippen LogP contribution in [-0.2, 0) is 10.2 Å². The molecule has 2 heterocycles. The van der Waals surface area contributed by atoms with E-state index in [2.05, 4.69) is 36.4 Å². The predicted octanol–water partition coefficient (Wildman–Crippen LogP) is 3.28. The summed E-state index contributed by atoms with van der Waals surface area (Å²) in [6.45, 7) is 7.43. The fourth-order valence-corrected chi connectivity index (χ4v) is 3.52. The van der Waals surface area contributed by atoms with Gasteiger partial charge < -0.3 is 10.6 Å². The molecule has 1 saturated heterocycles. The van der Waals surface area contributed by atoms with Crippen molar-refractivity contribution in [1.82, 2.24) is 10.3 Å². The molecule has 1 unspecified atom stereocenters. The Hall–Kier alpha value is -1.46. The molecule has 1 aliphatic heterocycles. The van der Waals surface area contributed by atoms with Gasteiger partial charge in [0, 0.05) is 11.1 Å². The number of aromatic nitrogens is 1. The Morgan fingerprint density at radius 1 is 1.43 bits per heavy atom. The van der Waals surface area contributed by atoms with Crippen LogP contribution < -0.4 is 10.6 Å². The van der Waals surface area contributed by atoms with E-state index in [1.807, 2.05) is 18.2 Å². The van der Waals surface area contributed by atoms with E-state index in [1.165, 1.54) is 0 Å². The summed E-state index contributed by atoms with van der Waals surface area (Å²) in [5.74, 6) is 0.0624. The van der Waals surface area contributed by atoms with E-state index in [0.29, 0.717) is 0 Å². The van der Waals surface area contributed by atoms with Gasteiger partial charge in [-0.1, -0.05) is 20.8 Å². The zero-order valence-corrected chi connectivity index (χ0v) is 13.5. The topological polar surface area (TPSA) is 54.0 Å². The van der Waals surface area contributed by atoms with Crippen molar-refractivity contribution in [1.29, 1.82) is 0 Å². The lowest BCUT2D eigenvalue weighted by Gasteiger charge is -2.13. The Morgan fingerprint density at radius 2 is 2.24 bits per heavy atom. The summed E-state index contributed by atoms with van der Waals surface area (Å²) in [6, 6.07) is 5.89. The Balaban J connectivity index is 1.82. The number of hydrogen-bond donors (Lipinski definition) is 2. The molecule has 21 heavy (non-hydrogen) atoms. The summed E-state index contributed by atoms with van der Waals surface area (Å²) < 4.78 is 1.12. The van der Waals surface area contributed by atoms with Gasteiger partial charge in [-0.25, -0.2) is 4.98 Å². The molecule has 1 aromatic carbocycles. The van der Waals surface area contributed by atoms with E-state index in [0.717, 1.165) is 40.3 Å². The smallest absolute Gasteiger partial charge is 0.241 e. The number of nitrogens with zero attached hydrogens (tertiary/aromatic N) is 1. The minimum Gasteiger partial charge on any atom is -0.325 e. The van der Waals surface area contributed by atoms with Gasteiger partial charge in [-0.15, -0.1) is 11.3 Å². The number of thiazole rings is 1. The van der Waals surface area contributed by atoms with Crippen molar-refractivity contribution < 1.29 is 4.79 Å². The number of amides is 1. The zero-order valence-electron chi connectivity index (χ0n) is 12.7. The molecule has 2 aromatic rings. The normalized spacial score (nSPS) is 19.1. The molecule has 0 bridgehead atoms. The molecule has 5 heteroatoms. The highest BCUT2D eigenvalue weighted by molar-refractivity contribution is 7.18. The summed E-state index contributed by atoms with van der Waals surface area (Å²) in [4.78, 5) is 16.8. The molecular weight excluding hydrogens is 282 g/mol. The molecule has 4 nitrogen and oxygen atoms in total. The minimum absolute atomic E-state index is 0.0488. The van der Waals surface area contributed by atoms with Crippen LogP contribution in [0.4, 0.5) is 5.69 Å². The van der Waals surface area contributed by atoms with E-state index in [-0.39, 0.29) is 17.4 Å². The number of benzene rings is 1. The van der Waals surface area contributed by atoms with Crippen LogP contribution in [0.5, 0.6) is 0 Å². The Kier molecular flexibility index (Phi) is 3.71. The summed E-state index contributed by atoms with van der Waals surface area (Å²) in [5, 5.41) is 7.34. The number of anilines is 1. The van der Waals surface area contributed by atoms with Crippen LogP contribution in [0.2, 0.25) is 0 Å². The molecule has 112 valence electrons. The van der Waals surface area contributed by atoms with Crippen LogP contribution in [0.1, 0.15) is 38.6 Å². The number of rotatable bonds is 2. The van der Waals surface area contributed by atoms with Gasteiger partial charge in [0.15, 0.2) is 0 Å². The second-order valence-electron chi connectivity index (χ2n) is 6.59. The fourth-order valence-electron chi connectivity index (χ4n) is 2.46. The first-order valence-corrected chi connectivity index (χ1v) is 8.20. The van der Waals surface area contributed by atoms with E-state index in [1.54, 1.807) is 11.3 Å². The van der Waals surface area contributed by atoms with Crippen LogP contribution in [0.15, 0.2) is 18.2 Å². The Bertz CT molecular complexity index is 666. The third-order valence-electron chi connectivity index (χ3n) is 3.67. The van der Waals surface area contributed by atoms with Gasteiger partial charge in [0.05, 0.1) is 21.3 Å². The number of fused-ring (bicyclic) bond motifs is 1. The third-order valence-corrected chi connectivity index (χ3v) is 5.12. The molecule has 2 N–H and O–H groups in total. The van der Waals surface area contributed by atoms with Gasteiger partial charge in [0.25, 0.3) is 0 Å². The second-order valence-corrected chi connectivity index (χ2v) is 7.62. The van der Waals surface area contributed by atoms with Crippen molar-refractivity contribution >= 4 is 33.1 Å². The standard InChI is InChI=1S/C16H21N3OS/c1-16(2,3)15-19-11-7-6-10(9-13(11)21-15)18-14(20)12-5-4-8-17-12/h6-7,9,12,17H,4-5,8H2,1-3H3,(H,18,20). The van der Waals surface area contributed by atoms with Crippen LogP contribution in [0, 0.1) is 0 Å². The van der Waals surface area contributed by atoms with E-state index in [4.69, 9.17) is 0 Å². The Morgan fingerprint density at radius 3 is 2.90 bits per heavy atom. The van der Waals surface area contributed by atoms with Gasteiger partial charge in [-0.05, 0) is 37.6 Å². The molecule has 0 saturated carbocycles. The van der Waals surface area contributed by atoms with Crippen molar-refractivity contribution in [3.63, 3.8) is 0 Å². The second kappa shape index (κ2) is 5.39. The van der Waals surface area contributed by atoms with Crippen LogP contribution in [-0.4, -0.2) is 23.5 Å². The van der Waals surface area contributed by atoms with Crippen molar-refractivity contribution in [2.45, 2.75) is 45.1 Å². The minimum atomic E-state index is -0.0488. The molecular formula is C16H21N3OS. The SMILES string of the molecule is CC(C)(C)c1nc2ccc(NC(=O)C3CCCN3)cc2s1. The van der Waals surface area contributed by atoms with Crippen molar-refractivity contribution in [2.24, 2.45) is 0 Å². The number of carbonyl (C=O) groups is 1. The highest BCUT2D eigenvalue weighted by Gasteiger charge is 2.22. The summed E-state index contributed by atoms with van der Waals surface area (Å²) in [7, 11) is 0. The van der Waals surface area contributed by atoms with Gasteiger partial charge in [0.1, 0.15) is 0 Å². The first kappa shape index (κ1) is 14.5. The van der Waals surface area contributed by atoms with Gasteiger partial charge in [0.2, 0.25) is 5.91 Å². The molecule has 1 aliphatic rings.